The maximum Gasteiger partial charge on any atom is 0.137 e. The van der Waals surface area contributed by atoms with Gasteiger partial charge in [0, 0.05) is 18.1 Å². The highest BCUT2D eigenvalue weighted by Gasteiger charge is 2.13. The molecule has 0 aliphatic carbocycles. The highest BCUT2D eigenvalue weighted by Crippen LogP contribution is 2.38. The first kappa shape index (κ1) is 12.7. The Balaban J connectivity index is 2.63. The van der Waals surface area contributed by atoms with E-state index in [0.29, 0.717) is 0 Å². The molecule has 0 amide bonds. The fourth-order valence-corrected chi connectivity index (χ4v) is 2.80. The molecule has 4 nitrogen and oxygen atoms in total. The third-order valence-corrected chi connectivity index (χ3v) is 3.73. The Hall–Kier alpha value is -1.75. The third kappa shape index (κ3) is 2.26. The first-order valence-electron chi connectivity index (χ1n) is 5.78. The number of fused-ring (bicyclic) bond motifs is 1. The van der Waals surface area contributed by atoms with Gasteiger partial charge in [-0.05, 0) is 32.0 Å². The van der Waals surface area contributed by atoms with Crippen LogP contribution in [0.25, 0.3) is 10.1 Å². The lowest BCUT2D eigenvalue weighted by atomic mass is 10.2. The summed E-state index contributed by atoms with van der Waals surface area (Å²) in [7, 11) is 1.88. The van der Waals surface area contributed by atoms with Crippen LogP contribution in [0.3, 0.4) is 0 Å². The smallest absolute Gasteiger partial charge is 0.137 e. The molecule has 96 valence electrons. The molecule has 5 heteroatoms. The number of hydrogen-bond acceptors (Lipinski definition) is 4. The lowest BCUT2D eigenvalue weighted by molar-refractivity contribution is 0.246. The summed E-state index contributed by atoms with van der Waals surface area (Å²) < 4.78 is 6.82. The van der Waals surface area contributed by atoms with Gasteiger partial charge in [-0.2, -0.15) is 0 Å². The predicted octanol–water partition coefficient (Wildman–Crippen LogP) is 3.01. The molecule has 0 spiro atoms. The van der Waals surface area contributed by atoms with Gasteiger partial charge in [0.25, 0.3) is 0 Å². The lowest BCUT2D eigenvalue weighted by Crippen LogP contribution is -2.08. The van der Waals surface area contributed by atoms with Crippen molar-refractivity contribution in [1.82, 2.24) is 0 Å². The standard InChI is InChI=1S/C13H17N3OS/c1-7(2)17-10-5-4-9(16-3)8-6-11(13(14)15)18-12(8)10/h4-7,16H,1-3H3,(H3,14,15). The van der Waals surface area contributed by atoms with E-state index in [-0.39, 0.29) is 11.9 Å². The van der Waals surface area contributed by atoms with E-state index < -0.39 is 0 Å². The summed E-state index contributed by atoms with van der Waals surface area (Å²) in [6, 6.07) is 5.87. The van der Waals surface area contributed by atoms with Crippen molar-refractivity contribution in [2.45, 2.75) is 20.0 Å². The molecule has 2 aromatic rings. The van der Waals surface area contributed by atoms with E-state index in [0.717, 1.165) is 26.4 Å². The second-order valence-corrected chi connectivity index (χ2v) is 5.35. The SMILES string of the molecule is CNc1ccc(OC(C)C)c2sc(C(=N)N)cc12. The second kappa shape index (κ2) is 4.86. The maximum absolute atomic E-state index is 7.53. The molecule has 0 bridgehead atoms. The zero-order valence-corrected chi connectivity index (χ0v) is 11.5. The van der Waals surface area contributed by atoms with Gasteiger partial charge in [-0.3, -0.25) is 5.41 Å². The van der Waals surface area contributed by atoms with Gasteiger partial charge in [0.05, 0.1) is 15.7 Å². The van der Waals surface area contributed by atoms with E-state index in [2.05, 4.69) is 5.32 Å². The number of benzene rings is 1. The monoisotopic (exact) mass is 263 g/mol. The number of amidine groups is 1. The summed E-state index contributed by atoms with van der Waals surface area (Å²) in [4.78, 5) is 0.765. The molecule has 0 aliphatic heterocycles. The van der Waals surface area contributed by atoms with Gasteiger partial charge in [0.15, 0.2) is 0 Å². The number of nitrogens with two attached hydrogens (primary N) is 1. The highest BCUT2D eigenvalue weighted by molar-refractivity contribution is 7.21. The Bertz CT molecular complexity index is 589. The molecule has 0 saturated heterocycles. The number of ether oxygens (including phenoxy) is 1. The summed E-state index contributed by atoms with van der Waals surface area (Å²) in [5.74, 6) is 0.935. The topological polar surface area (TPSA) is 71.1 Å². The Morgan fingerprint density at radius 1 is 1.44 bits per heavy atom. The van der Waals surface area contributed by atoms with Crippen molar-refractivity contribution in [2.75, 3.05) is 12.4 Å². The molecule has 2 rings (SSSR count). The van der Waals surface area contributed by atoms with Crippen LogP contribution in [0.4, 0.5) is 5.69 Å². The average Bonchev–Trinajstić information content (AvgIpc) is 2.74. The fraction of sp³-hybridized carbons (Fsp3) is 0.308. The summed E-state index contributed by atoms with van der Waals surface area (Å²) in [5.41, 5.74) is 6.57. The Morgan fingerprint density at radius 2 is 2.17 bits per heavy atom. The van der Waals surface area contributed by atoms with Crippen molar-refractivity contribution in [3.05, 3.63) is 23.1 Å². The molecule has 1 heterocycles. The molecular formula is C13H17N3OS. The lowest BCUT2D eigenvalue weighted by Gasteiger charge is -2.12. The summed E-state index contributed by atoms with van der Waals surface area (Å²) in [6.45, 7) is 3.99. The minimum Gasteiger partial charge on any atom is -0.490 e. The largest absolute Gasteiger partial charge is 0.490 e. The minimum atomic E-state index is 0.0914. The van der Waals surface area contributed by atoms with Crippen LogP contribution in [0.15, 0.2) is 18.2 Å². The van der Waals surface area contributed by atoms with E-state index in [1.807, 2.05) is 39.1 Å². The van der Waals surface area contributed by atoms with Gasteiger partial charge in [0.1, 0.15) is 11.6 Å². The van der Waals surface area contributed by atoms with Crippen molar-refractivity contribution in [3.8, 4) is 5.75 Å². The molecular weight excluding hydrogens is 246 g/mol. The summed E-state index contributed by atoms with van der Waals surface area (Å²) in [5, 5.41) is 11.7. The number of nitrogens with one attached hydrogen (secondary N) is 2. The van der Waals surface area contributed by atoms with Gasteiger partial charge in [-0.25, -0.2) is 0 Å². The van der Waals surface area contributed by atoms with Gasteiger partial charge in [0.2, 0.25) is 0 Å². The third-order valence-electron chi connectivity index (χ3n) is 2.54. The van der Waals surface area contributed by atoms with Crippen molar-refractivity contribution < 1.29 is 4.74 Å². The number of rotatable bonds is 4. The average molecular weight is 263 g/mol. The Morgan fingerprint density at radius 3 is 2.72 bits per heavy atom. The molecule has 1 aromatic heterocycles. The van der Waals surface area contributed by atoms with Crippen LogP contribution in [0.1, 0.15) is 18.7 Å². The van der Waals surface area contributed by atoms with Crippen LogP contribution < -0.4 is 15.8 Å². The molecule has 4 N–H and O–H groups in total. The molecule has 0 radical (unpaired) electrons. The molecule has 0 fully saturated rings. The van der Waals surface area contributed by atoms with Crippen molar-refractivity contribution in [1.29, 1.82) is 5.41 Å². The first-order chi connectivity index (χ1) is 8.52. The van der Waals surface area contributed by atoms with E-state index in [4.69, 9.17) is 15.9 Å². The van der Waals surface area contributed by atoms with Crippen molar-refractivity contribution in [2.24, 2.45) is 5.73 Å². The molecule has 0 aliphatic rings. The van der Waals surface area contributed by atoms with Crippen LogP contribution in [-0.2, 0) is 0 Å². The number of thiophene rings is 1. The number of anilines is 1. The summed E-state index contributed by atoms with van der Waals surface area (Å²) >= 11 is 1.49. The Labute approximate surface area is 110 Å². The van der Waals surface area contributed by atoms with E-state index in [1.54, 1.807) is 0 Å². The van der Waals surface area contributed by atoms with Crippen LogP contribution in [-0.4, -0.2) is 19.0 Å². The second-order valence-electron chi connectivity index (χ2n) is 4.29. The zero-order valence-electron chi connectivity index (χ0n) is 10.7. The van der Waals surface area contributed by atoms with Crippen molar-refractivity contribution >= 4 is 32.9 Å². The normalized spacial score (nSPS) is 10.9. The molecule has 0 unspecified atom stereocenters. The fourth-order valence-electron chi connectivity index (χ4n) is 1.80. The van der Waals surface area contributed by atoms with Crippen molar-refractivity contribution in [3.63, 3.8) is 0 Å². The Kier molecular flexibility index (Phi) is 3.43. The quantitative estimate of drug-likeness (QED) is 0.586. The first-order valence-corrected chi connectivity index (χ1v) is 6.60. The van der Waals surface area contributed by atoms with Crippen LogP contribution in [0.5, 0.6) is 5.75 Å². The number of hydrogen-bond donors (Lipinski definition) is 3. The molecule has 0 atom stereocenters. The van der Waals surface area contributed by atoms with E-state index >= 15 is 0 Å². The van der Waals surface area contributed by atoms with Gasteiger partial charge in [-0.1, -0.05) is 0 Å². The van der Waals surface area contributed by atoms with Crippen LogP contribution in [0.2, 0.25) is 0 Å². The molecule has 18 heavy (non-hydrogen) atoms. The van der Waals surface area contributed by atoms with Gasteiger partial charge >= 0.3 is 0 Å². The predicted molar refractivity (Wildman–Crippen MR) is 78.2 cm³/mol. The zero-order chi connectivity index (χ0) is 13.3. The summed E-state index contributed by atoms with van der Waals surface area (Å²) in [6.07, 6.45) is 0.122. The highest BCUT2D eigenvalue weighted by atomic mass is 32.1. The number of nitrogen functional groups attached to an aromatic ring is 1. The molecule has 0 saturated carbocycles. The minimum absolute atomic E-state index is 0.0914. The van der Waals surface area contributed by atoms with Gasteiger partial charge in [-0.15, -0.1) is 11.3 Å². The van der Waals surface area contributed by atoms with Crippen LogP contribution >= 0.6 is 11.3 Å². The van der Waals surface area contributed by atoms with E-state index in [1.165, 1.54) is 11.3 Å². The van der Waals surface area contributed by atoms with E-state index in [9.17, 15) is 0 Å². The maximum atomic E-state index is 7.53. The van der Waals surface area contributed by atoms with Gasteiger partial charge < -0.3 is 15.8 Å². The molecule has 1 aromatic carbocycles. The van der Waals surface area contributed by atoms with Crippen LogP contribution in [0, 0.1) is 5.41 Å².